The number of methoxy groups -OCH3 is 1. The van der Waals surface area contributed by atoms with Gasteiger partial charge in [0.05, 0.1) is 20.2 Å². The first kappa shape index (κ1) is 20.3. The van der Waals surface area contributed by atoms with E-state index < -0.39 is 18.4 Å². The molecule has 1 aromatic heterocycles. The number of carbonyl (C=O) groups is 2. The average molecular weight is 401 g/mol. The fourth-order valence-electron chi connectivity index (χ4n) is 2.04. The molecule has 9 nitrogen and oxygen atoms in total. The van der Waals surface area contributed by atoms with E-state index in [2.05, 4.69) is 25.6 Å². The molecule has 0 radical (unpaired) electrons. The van der Waals surface area contributed by atoms with Crippen molar-refractivity contribution in [2.24, 2.45) is 7.05 Å². The van der Waals surface area contributed by atoms with Crippen LogP contribution in [0.4, 0.5) is 8.78 Å². The highest BCUT2D eigenvalue weighted by atomic mass is 32.1. The summed E-state index contributed by atoms with van der Waals surface area (Å²) in [6, 6.07) is 3.70. The number of hydrogen-bond acceptors (Lipinski definition) is 6. The lowest BCUT2D eigenvalue weighted by molar-refractivity contribution is -0.120. The monoisotopic (exact) mass is 401 g/mol. The Kier molecular flexibility index (Phi) is 6.82. The molecule has 27 heavy (non-hydrogen) atoms. The van der Waals surface area contributed by atoms with Crippen molar-refractivity contribution in [2.45, 2.75) is 13.2 Å². The number of aromatic amines is 1. The van der Waals surface area contributed by atoms with Crippen molar-refractivity contribution in [3.05, 3.63) is 34.4 Å². The zero-order valence-corrected chi connectivity index (χ0v) is 15.2. The van der Waals surface area contributed by atoms with Gasteiger partial charge in [-0.1, -0.05) is 0 Å². The van der Waals surface area contributed by atoms with Crippen LogP contribution in [0.2, 0.25) is 0 Å². The van der Waals surface area contributed by atoms with Crippen molar-refractivity contribution in [1.29, 1.82) is 0 Å². The van der Waals surface area contributed by atoms with Crippen LogP contribution in [0.1, 0.15) is 16.2 Å². The van der Waals surface area contributed by atoms with E-state index in [-0.39, 0.29) is 30.2 Å². The summed E-state index contributed by atoms with van der Waals surface area (Å²) >= 11 is 4.96. The van der Waals surface area contributed by atoms with Crippen molar-refractivity contribution in [1.82, 2.24) is 25.4 Å². The van der Waals surface area contributed by atoms with Gasteiger partial charge in [0.25, 0.3) is 5.91 Å². The zero-order valence-electron chi connectivity index (χ0n) is 14.4. The molecule has 2 rings (SSSR count). The van der Waals surface area contributed by atoms with E-state index in [1.807, 2.05) is 0 Å². The van der Waals surface area contributed by atoms with Crippen LogP contribution in [-0.4, -0.2) is 46.8 Å². The molecule has 0 aliphatic carbocycles. The van der Waals surface area contributed by atoms with Gasteiger partial charge in [-0.25, -0.2) is 0 Å². The van der Waals surface area contributed by atoms with E-state index in [1.54, 1.807) is 11.6 Å². The van der Waals surface area contributed by atoms with E-state index in [4.69, 9.17) is 17.0 Å². The number of ether oxygens (including phenoxy) is 2. The normalized spacial score (nSPS) is 10.6. The number of halogens is 2. The topological polar surface area (TPSA) is 110 Å². The summed E-state index contributed by atoms with van der Waals surface area (Å²) in [6.07, 6.45) is 0. The summed E-state index contributed by atoms with van der Waals surface area (Å²) in [6.45, 7) is -3.17. The Bertz CT molecular complexity index is 883. The first-order valence-electron chi connectivity index (χ1n) is 7.59. The molecule has 2 aromatic rings. The number of alkyl halides is 2. The Hall–Kier alpha value is -3.02. The highest BCUT2D eigenvalue weighted by Crippen LogP contribution is 2.29. The molecular formula is C15H17F2N5O4S. The minimum Gasteiger partial charge on any atom is -0.493 e. The van der Waals surface area contributed by atoms with Crippen molar-refractivity contribution in [2.75, 3.05) is 13.7 Å². The van der Waals surface area contributed by atoms with Crippen LogP contribution >= 0.6 is 12.2 Å². The lowest BCUT2D eigenvalue weighted by atomic mass is 10.2. The maximum absolute atomic E-state index is 12.3. The maximum Gasteiger partial charge on any atom is 0.387 e. The molecule has 12 heteroatoms. The minimum absolute atomic E-state index is 0.0295. The summed E-state index contributed by atoms with van der Waals surface area (Å²) in [7, 11) is 2.95. The average Bonchev–Trinajstić information content (AvgIpc) is 2.96. The molecule has 0 unspecified atom stereocenters. The summed E-state index contributed by atoms with van der Waals surface area (Å²) in [4.78, 5) is 24.0. The molecule has 0 bridgehead atoms. The highest BCUT2D eigenvalue weighted by Gasteiger charge is 2.15. The predicted octanol–water partition coefficient (Wildman–Crippen LogP) is 1.13. The second-order valence-corrected chi connectivity index (χ2v) is 5.59. The van der Waals surface area contributed by atoms with Crippen molar-refractivity contribution in [3.8, 4) is 11.5 Å². The number of rotatable bonds is 8. The molecular weight excluding hydrogens is 384 g/mol. The van der Waals surface area contributed by atoms with Crippen LogP contribution in [0.3, 0.4) is 0 Å². The number of amides is 2. The van der Waals surface area contributed by atoms with E-state index in [0.717, 1.165) is 0 Å². The van der Waals surface area contributed by atoms with Gasteiger partial charge in [-0.2, -0.15) is 13.9 Å². The molecule has 0 atom stereocenters. The van der Waals surface area contributed by atoms with Gasteiger partial charge in [-0.15, -0.1) is 0 Å². The number of H-pyrrole nitrogens is 1. The number of nitrogens with zero attached hydrogens (tertiary/aromatic N) is 2. The second kappa shape index (κ2) is 9.07. The van der Waals surface area contributed by atoms with Crippen molar-refractivity contribution < 1.29 is 27.8 Å². The van der Waals surface area contributed by atoms with Gasteiger partial charge in [0.1, 0.15) is 0 Å². The largest absolute Gasteiger partial charge is 0.493 e. The Morgan fingerprint density at radius 1 is 1.33 bits per heavy atom. The van der Waals surface area contributed by atoms with Crippen LogP contribution in [0.5, 0.6) is 11.5 Å². The quantitative estimate of drug-likeness (QED) is 0.572. The van der Waals surface area contributed by atoms with Gasteiger partial charge in [-0.3, -0.25) is 14.7 Å². The first-order valence-corrected chi connectivity index (χ1v) is 8.00. The standard InChI is InChI=1S/C15H17F2N5O4S/c1-22-11(20-21-15(22)27)6-18-12(23)7-19-13(24)8-3-4-9(26-14(16)17)10(5-8)25-2/h3-5,14H,6-7H2,1-2H3,(H,18,23)(H,19,24)(H,21,27). The van der Waals surface area contributed by atoms with Crippen LogP contribution in [-0.2, 0) is 18.4 Å². The van der Waals surface area contributed by atoms with Crippen LogP contribution in [0.15, 0.2) is 18.2 Å². The van der Waals surface area contributed by atoms with Crippen LogP contribution in [0, 0.1) is 4.77 Å². The molecule has 0 aliphatic rings. The van der Waals surface area contributed by atoms with Crippen LogP contribution < -0.4 is 20.1 Å². The molecule has 3 N–H and O–H groups in total. The molecule has 1 aromatic carbocycles. The van der Waals surface area contributed by atoms with E-state index >= 15 is 0 Å². The van der Waals surface area contributed by atoms with Crippen molar-refractivity contribution in [3.63, 3.8) is 0 Å². The first-order chi connectivity index (χ1) is 12.8. The maximum atomic E-state index is 12.3. The molecule has 0 aliphatic heterocycles. The van der Waals surface area contributed by atoms with E-state index in [1.165, 1.54) is 25.3 Å². The fraction of sp³-hybridized carbons (Fsp3) is 0.333. The zero-order chi connectivity index (χ0) is 20.0. The SMILES string of the molecule is COc1cc(C(=O)NCC(=O)NCc2n[nH]c(=S)n2C)ccc1OC(F)F. The number of carbonyl (C=O) groups excluding carboxylic acids is 2. The lowest BCUT2D eigenvalue weighted by Gasteiger charge is -2.11. The number of nitrogens with one attached hydrogen (secondary N) is 3. The lowest BCUT2D eigenvalue weighted by Crippen LogP contribution is -2.37. The predicted molar refractivity (Wildman–Crippen MR) is 92.2 cm³/mol. The highest BCUT2D eigenvalue weighted by molar-refractivity contribution is 7.71. The summed E-state index contributed by atoms with van der Waals surface area (Å²) in [5, 5.41) is 11.5. The Balaban J connectivity index is 1.90. The van der Waals surface area contributed by atoms with Gasteiger partial charge in [0.15, 0.2) is 22.1 Å². The molecule has 146 valence electrons. The summed E-state index contributed by atoms with van der Waals surface area (Å²) in [5.41, 5.74) is 0.121. The number of benzene rings is 1. The van der Waals surface area contributed by atoms with E-state index in [9.17, 15) is 18.4 Å². The second-order valence-electron chi connectivity index (χ2n) is 5.21. The molecule has 2 amide bonds. The smallest absolute Gasteiger partial charge is 0.387 e. The van der Waals surface area contributed by atoms with E-state index in [0.29, 0.717) is 10.6 Å². The third kappa shape index (κ3) is 5.48. The molecule has 0 saturated carbocycles. The molecule has 1 heterocycles. The minimum atomic E-state index is -3.02. The third-order valence-corrected chi connectivity index (χ3v) is 3.83. The molecule has 0 fully saturated rings. The Labute approximate surface area is 157 Å². The Morgan fingerprint density at radius 2 is 2.07 bits per heavy atom. The molecule has 0 spiro atoms. The summed E-state index contributed by atoms with van der Waals surface area (Å²) in [5.74, 6) is -0.723. The van der Waals surface area contributed by atoms with Gasteiger partial charge in [0.2, 0.25) is 5.91 Å². The van der Waals surface area contributed by atoms with Gasteiger partial charge in [0, 0.05) is 12.6 Å². The van der Waals surface area contributed by atoms with Gasteiger partial charge < -0.3 is 24.7 Å². The molecule has 0 saturated heterocycles. The van der Waals surface area contributed by atoms with Crippen LogP contribution in [0.25, 0.3) is 0 Å². The van der Waals surface area contributed by atoms with Crippen molar-refractivity contribution >= 4 is 24.0 Å². The Morgan fingerprint density at radius 3 is 2.67 bits per heavy atom. The number of hydrogen-bond donors (Lipinski definition) is 3. The fourth-order valence-corrected chi connectivity index (χ4v) is 2.19. The third-order valence-electron chi connectivity index (χ3n) is 3.47. The number of aromatic nitrogens is 3. The van der Waals surface area contributed by atoms with Gasteiger partial charge >= 0.3 is 6.61 Å². The summed E-state index contributed by atoms with van der Waals surface area (Å²) < 4.78 is 35.8. The van der Waals surface area contributed by atoms with Gasteiger partial charge in [-0.05, 0) is 30.4 Å².